The average Bonchev–Trinajstić information content (AvgIpc) is 3.20. The van der Waals surface area contributed by atoms with Crippen molar-refractivity contribution in [2.75, 3.05) is 5.32 Å². The van der Waals surface area contributed by atoms with Gasteiger partial charge in [0.1, 0.15) is 12.1 Å². The van der Waals surface area contributed by atoms with Crippen LogP contribution in [-0.2, 0) is 0 Å². The van der Waals surface area contributed by atoms with Crippen molar-refractivity contribution in [3.05, 3.63) is 55.2 Å². The summed E-state index contributed by atoms with van der Waals surface area (Å²) in [6.45, 7) is 0. The molecule has 1 aromatic carbocycles. The summed E-state index contributed by atoms with van der Waals surface area (Å²) in [6, 6.07) is 9.82. The molecule has 3 aromatic heterocycles. The van der Waals surface area contributed by atoms with Crippen molar-refractivity contribution in [3.8, 4) is 5.69 Å². The van der Waals surface area contributed by atoms with Crippen LogP contribution in [0.4, 0.5) is 11.5 Å². The highest BCUT2D eigenvalue weighted by molar-refractivity contribution is 5.87. The Morgan fingerprint density at radius 2 is 2.00 bits per heavy atom. The van der Waals surface area contributed by atoms with Crippen LogP contribution in [0, 0.1) is 0 Å². The molecular formula is C14H11N7. The van der Waals surface area contributed by atoms with Gasteiger partial charge in [0.15, 0.2) is 5.65 Å². The lowest BCUT2D eigenvalue weighted by molar-refractivity contribution is 0.881. The molecule has 0 amide bonds. The molecule has 4 aromatic rings. The van der Waals surface area contributed by atoms with Gasteiger partial charge in [-0.1, -0.05) is 0 Å². The van der Waals surface area contributed by atoms with Gasteiger partial charge in [0.05, 0.1) is 17.3 Å². The SMILES string of the molecule is c1cnn(-c2ccc(Nc3ncnc4[nH]ncc34)cc2)c1. The van der Waals surface area contributed by atoms with E-state index in [2.05, 4.69) is 30.6 Å². The predicted molar refractivity (Wildman–Crippen MR) is 78.5 cm³/mol. The highest BCUT2D eigenvalue weighted by Gasteiger charge is 2.05. The second-order valence-corrected chi connectivity index (χ2v) is 4.48. The van der Waals surface area contributed by atoms with Crippen LogP contribution in [0.5, 0.6) is 0 Å². The van der Waals surface area contributed by atoms with Gasteiger partial charge in [0, 0.05) is 18.1 Å². The Balaban J connectivity index is 1.64. The van der Waals surface area contributed by atoms with Crippen LogP contribution in [0.25, 0.3) is 16.7 Å². The second-order valence-electron chi connectivity index (χ2n) is 4.48. The van der Waals surface area contributed by atoms with E-state index in [1.807, 2.05) is 41.2 Å². The second kappa shape index (κ2) is 4.71. The lowest BCUT2D eigenvalue weighted by Gasteiger charge is -2.07. The first kappa shape index (κ1) is 11.6. The summed E-state index contributed by atoms with van der Waals surface area (Å²) < 4.78 is 1.81. The normalized spacial score (nSPS) is 10.9. The Labute approximate surface area is 119 Å². The number of hydrogen-bond acceptors (Lipinski definition) is 5. The summed E-state index contributed by atoms with van der Waals surface area (Å²) in [7, 11) is 0. The lowest BCUT2D eigenvalue weighted by Crippen LogP contribution is -1.97. The molecule has 0 aliphatic carbocycles. The Morgan fingerprint density at radius 1 is 1.10 bits per heavy atom. The number of fused-ring (bicyclic) bond motifs is 1. The van der Waals surface area contributed by atoms with E-state index >= 15 is 0 Å². The fraction of sp³-hybridized carbons (Fsp3) is 0. The maximum atomic E-state index is 4.25. The van der Waals surface area contributed by atoms with Gasteiger partial charge < -0.3 is 5.32 Å². The molecule has 0 fully saturated rings. The minimum Gasteiger partial charge on any atom is -0.340 e. The molecule has 4 rings (SSSR count). The number of aromatic nitrogens is 6. The maximum absolute atomic E-state index is 4.25. The zero-order chi connectivity index (χ0) is 14.1. The van der Waals surface area contributed by atoms with Crippen LogP contribution in [0.3, 0.4) is 0 Å². The number of anilines is 2. The standard InChI is InChI=1S/C14H11N7/c1-6-18-21(7-1)11-4-2-10(3-5-11)19-13-12-8-17-20-14(12)16-9-15-13/h1-9H,(H2,15,16,17,19,20). The molecule has 0 spiro atoms. The van der Waals surface area contributed by atoms with Crippen LogP contribution in [0.1, 0.15) is 0 Å². The molecule has 0 bridgehead atoms. The summed E-state index contributed by atoms with van der Waals surface area (Å²) >= 11 is 0. The van der Waals surface area contributed by atoms with E-state index in [4.69, 9.17) is 0 Å². The van der Waals surface area contributed by atoms with Crippen molar-refractivity contribution in [3.63, 3.8) is 0 Å². The number of H-pyrrole nitrogens is 1. The molecule has 2 N–H and O–H groups in total. The number of nitrogens with zero attached hydrogens (tertiary/aromatic N) is 5. The van der Waals surface area contributed by atoms with Gasteiger partial charge in [0.25, 0.3) is 0 Å². The van der Waals surface area contributed by atoms with Gasteiger partial charge in [-0.15, -0.1) is 0 Å². The van der Waals surface area contributed by atoms with Crippen molar-refractivity contribution >= 4 is 22.5 Å². The molecule has 21 heavy (non-hydrogen) atoms. The Hall–Kier alpha value is -3.22. The first-order valence-corrected chi connectivity index (χ1v) is 6.41. The molecule has 0 atom stereocenters. The fourth-order valence-electron chi connectivity index (χ4n) is 2.12. The zero-order valence-electron chi connectivity index (χ0n) is 10.9. The summed E-state index contributed by atoms with van der Waals surface area (Å²) in [6.07, 6.45) is 6.86. The molecule has 0 aliphatic rings. The molecule has 0 aliphatic heterocycles. The number of benzene rings is 1. The van der Waals surface area contributed by atoms with Crippen molar-refractivity contribution in [2.24, 2.45) is 0 Å². The topological polar surface area (TPSA) is 84.3 Å². The van der Waals surface area contributed by atoms with E-state index in [0.717, 1.165) is 22.6 Å². The highest BCUT2D eigenvalue weighted by Crippen LogP contribution is 2.21. The van der Waals surface area contributed by atoms with E-state index < -0.39 is 0 Å². The summed E-state index contributed by atoms with van der Waals surface area (Å²) in [5, 5.41) is 15.1. The van der Waals surface area contributed by atoms with E-state index in [0.29, 0.717) is 5.65 Å². The van der Waals surface area contributed by atoms with E-state index in [1.54, 1.807) is 12.4 Å². The van der Waals surface area contributed by atoms with Crippen LogP contribution in [-0.4, -0.2) is 29.9 Å². The van der Waals surface area contributed by atoms with Gasteiger partial charge in [-0.2, -0.15) is 10.2 Å². The molecular weight excluding hydrogens is 266 g/mol. The molecule has 102 valence electrons. The third-order valence-electron chi connectivity index (χ3n) is 3.15. The van der Waals surface area contributed by atoms with E-state index in [9.17, 15) is 0 Å². The summed E-state index contributed by atoms with van der Waals surface area (Å²) in [4.78, 5) is 8.36. The van der Waals surface area contributed by atoms with Crippen molar-refractivity contribution in [1.29, 1.82) is 0 Å². The minimum absolute atomic E-state index is 0.709. The fourth-order valence-corrected chi connectivity index (χ4v) is 2.12. The zero-order valence-corrected chi connectivity index (χ0v) is 10.9. The largest absolute Gasteiger partial charge is 0.340 e. The third kappa shape index (κ3) is 2.10. The number of rotatable bonds is 3. The molecule has 7 heteroatoms. The maximum Gasteiger partial charge on any atom is 0.160 e. The van der Waals surface area contributed by atoms with Gasteiger partial charge >= 0.3 is 0 Å². The van der Waals surface area contributed by atoms with Crippen molar-refractivity contribution in [2.45, 2.75) is 0 Å². The van der Waals surface area contributed by atoms with Gasteiger partial charge in [-0.05, 0) is 30.3 Å². The number of aromatic amines is 1. The van der Waals surface area contributed by atoms with E-state index in [-0.39, 0.29) is 0 Å². The Kier molecular flexibility index (Phi) is 2.60. The van der Waals surface area contributed by atoms with Gasteiger partial charge in [-0.3, -0.25) is 5.10 Å². The van der Waals surface area contributed by atoms with Crippen LogP contribution in [0.15, 0.2) is 55.2 Å². The van der Waals surface area contributed by atoms with Crippen molar-refractivity contribution < 1.29 is 0 Å². The average molecular weight is 277 g/mol. The lowest BCUT2D eigenvalue weighted by atomic mass is 10.2. The molecule has 0 radical (unpaired) electrons. The van der Waals surface area contributed by atoms with Crippen molar-refractivity contribution in [1.82, 2.24) is 29.9 Å². The third-order valence-corrected chi connectivity index (χ3v) is 3.15. The molecule has 0 saturated carbocycles. The van der Waals surface area contributed by atoms with Crippen LogP contribution in [0.2, 0.25) is 0 Å². The predicted octanol–water partition coefficient (Wildman–Crippen LogP) is 2.28. The number of nitrogens with one attached hydrogen (secondary N) is 2. The van der Waals surface area contributed by atoms with Gasteiger partial charge in [0.2, 0.25) is 0 Å². The smallest absolute Gasteiger partial charge is 0.160 e. The molecule has 3 heterocycles. The first-order chi connectivity index (χ1) is 10.4. The highest BCUT2D eigenvalue weighted by atomic mass is 15.3. The van der Waals surface area contributed by atoms with Gasteiger partial charge in [-0.25, -0.2) is 14.6 Å². The van der Waals surface area contributed by atoms with Crippen LogP contribution < -0.4 is 5.32 Å². The summed E-state index contributed by atoms with van der Waals surface area (Å²) in [5.41, 5.74) is 2.65. The monoisotopic (exact) mass is 277 g/mol. The van der Waals surface area contributed by atoms with E-state index in [1.165, 1.54) is 6.33 Å². The quantitative estimate of drug-likeness (QED) is 0.600. The number of hydrogen-bond donors (Lipinski definition) is 2. The Bertz CT molecular complexity index is 862. The molecule has 7 nitrogen and oxygen atoms in total. The van der Waals surface area contributed by atoms with Crippen LogP contribution >= 0.6 is 0 Å². The summed E-state index contributed by atoms with van der Waals surface area (Å²) in [5.74, 6) is 0.723. The first-order valence-electron chi connectivity index (χ1n) is 6.41. The molecule has 0 unspecified atom stereocenters. The minimum atomic E-state index is 0.709. The Morgan fingerprint density at radius 3 is 2.81 bits per heavy atom. The molecule has 0 saturated heterocycles.